The molecule has 0 fully saturated rings. The molecule has 50 heavy (non-hydrogen) atoms. The Bertz CT molecular complexity index is 2300. The first-order valence-corrected chi connectivity index (χ1v) is 19.4. The molecular weight excluding hydrogens is 687 g/mol. The Labute approximate surface area is 296 Å². The highest BCUT2D eigenvalue weighted by Crippen LogP contribution is 2.47. The van der Waals surface area contributed by atoms with Gasteiger partial charge in [0.15, 0.2) is 0 Å². The summed E-state index contributed by atoms with van der Waals surface area (Å²) in [5, 5.41) is 1.13. The first kappa shape index (κ1) is 33.2. The Hall–Kier alpha value is -5.29. The lowest BCUT2D eigenvalue weighted by molar-refractivity contribution is 0.484. The van der Waals surface area contributed by atoms with E-state index in [2.05, 4.69) is 30.0 Å². The summed E-state index contributed by atoms with van der Waals surface area (Å²) in [4.78, 5) is 3.44. The maximum Gasteiger partial charge on any atom is 0.339 e. The van der Waals surface area contributed by atoms with Gasteiger partial charge in [0.1, 0.15) is 21.3 Å². The van der Waals surface area contributed by atoms with Crippen LogP contribution < -0.4 is 13.3 Å². The highest BCUT2D eigenvalue weighted by Gasteiger charge is 2.29. The second-order valence-corrected chi connectivity index (χ2v) is 15.4. The van der Waals surface area contributed by atoms with Crippen LogP contribution in [0.4, 0.5) is 5.69 Å². The Balaban J connectivity index is 1.22. The molecule has 0 saturated carbocycles. The Kier molecular flexibility index (Phi) is 9.24. The fourth-order valence-electron chi connectivity index (χ4n) is 5.82. The van der Waals surface area contributed by atoms with E-state index in [1.54, 1.807) is 96.7 Å². The van der Waals surface area contributed by atoms with Crippen LogP contribution >= 0.6 is 11.8 Å². The Morgan fingerprint density at radius 1 is 0.580 bits per heavy atom. The third-order valence-electron chi connectivity index (χ3n) is 8.12. The van der Waals surface area contributed by atoms with Gasteiger partial charge in [-0.1, -0.05) is 103 Å². The van der Waals surface area contributed by atoms with Gasteiger partial charge in [-0.15, -0.1) is 0 Å². The van der Waals surface area contributed by atoms with Crippen molar-refractivity contribution in [3.63, 3.8) is 0 Å². The molecule has 0 aromatic heterocycles. The van der Waals surface area contributed by atoms with Crippen LogP contribution in [0.1, 0.15) is 18.1 Å². The summed E-state index contributed by atoms with van der Waals surface area (Å²) in [6.45, 7) is 2.98. The van der Waals surface area contributed by atoms with Gasteiger partial charge in [-0.2, -0.15) is 16.8 Å². The molecule has 7 rings (SSSR count). The molecule has 1 heterocycles. The van der Waals surface area contributed by atoms with Gasteiger partial charge in [0.25, 0.3) is 0 Å². The molecule has 7 nitrogen and oxygen atoms in total. The van der Waals surface area contributed by atoms with Crippen LogP contribution in [-0.4, -0.2) is 23.4 Å². The smallest absolute Gasteiger partial charge is 0.339 e. The van der Waals surface area contributed by atoms with Crippen LogP contribution in [0.3, 0.4) is 0 Å². The van der Waals surface area contributed by atoms with Crippen LogP contribution in [-0.2, 0) is 20.2 Å². The lowest BCUT2D eigenvalue weighted by Gasteiger charge is -2.17. The quantitative estimate of drug-likeness (QED) is 0.102. The zero-order valence-corrected chi connectivity index (χ0v) is 29.3. The van der Waals surface area contributed by atoms with Gasteiger partial charge in [0.2, 0.25) is 0 Å². The second kappa shape index (κ2) is 13.9. The van der Waals surface area contributed by atoms with Gasteiger partial charge in [-0.25, -0.2) is 0 Å². The summed E-state index contributed by atoms with van der Waals surface area (Å²) in [5.74, 6) is 0.402. The molecule has 1 aliphatic heterocycles. The van der Waals surface area contributed by atoms with E-state index >= 15 is 0 Å². The minimum atomic E-state index is -4.16. The van der Waals surface area contributed by atoms with Crippen LogP contribution in [0.2, 0.25) is 0 Å². The summed E-state index contributed by atoms with van der Waals surface area (Å²) < 4.78 is 64.1. The number of allylic oxidation sites excluding steroid dienone is 6. The highest BCUT2D eigenvalue weighted by atomic mass is 32.2. The minimum Gasteiger partial charge on any atom is -0.379 e. The third kappa shape index (κ3) is 6.78. The van der Waals surface area contributed by atoms with E-state index < -0.39 is 20.2 Å². The minimum absolute atomic E-state index is 0.0231. The van der Waals surface area contributed by atoms with Crippen LogP contribution in [0, 0.1) is 0 Å². The van der Waals surface area contributed by atoms with E-state index in [1.807, 2.05) is 42.5 Å². The zero-order chi connectivity index (χ0) is 34.7. The summed E-state index contributed by atoms with van der Waals surface area (Å²) in [6, 6.07) is 34.5. The van der Waals surface area contributed by atoms with Crippen molar-refractivity contribution in [1.29, 1.82) is 0 Å². The average molecular weight is 718 g/mol. The summed E-state index contributed by atoms with van der Waals surface area (Å²) in [5.41, 5.74) is 4.65. The van der Waals surface area contributed by atoms with Crippen LogP contribution in [0.15, 0.2) is 177 Å². The van der Waals surface area contributed by atoms with Gasteiger partial charge in [-0.3, -0.25) is 0 Å². The number of para-hydroxylation sites is 3. The van der Waals surface area contributed by atoms with Crippen LogP contribution in [0.25, 0.3) is 16.7 Å². The van der Waals surface area contributed by atoms with Gasteiger partial charge < -0.3 is 13.3 Å². The first-order valence-electron chi connectivity index (χ1n) is 15.8. The number of benzene rings is 5. The average Bonchev–Trinajstić information content (AvgIpc) is 3.64. The summed E-state index contributed by atoms with van der Waals surface area (Å²) in [7, 11) is -8.33. The Morgan fingerprint density at radius 3 is 1.62 bits per heavy atom. The summed E-state index contributed by atoms with van der Waals surface area (Å²) >= 11 is 1.73. The van der Waals surface area contributed by atoms with Crippen molar-refractivity contribution >= 4 is 43.3 Å². The van der Waals surface area contributed by atoms with Crippen molar-refractivity contribution in [3.05, 3.63) is 174 Å². The molecule has 10 heteroatoms. The zero-order valence-electron chi connectivity index (χ0n) is 26.8. The van der Waals surface area contributed by atoms with Crippen LogP contribution in [0.5, 0.6) is 11.5 Å². The van der Waals surface area contributed by atoms with Crippen molar-refractivity contribution in [3.8, 4) is 22.6 Å². The van der Waals surface area contributed by atoms with E-state index in [-0.39, 0.29) is 21.3 Å². The summed E-state index contributed by atoms with van der Waals surface area (Å²) in [6.07, 6.45) is 11.5. The second-order valence-electron chi connectivity index (χ2n) is 11.3. The number of rotatable bonds is 10. The lowest BCUT2D eigenvalue weighted by Crippen LogP contribution is -2.16. The van der Waals surface area contributed by atoms with Crippen molar-refractivity contribution in [2.45, 2.75) is 21.6 Å². The predicted octanol–water partition coefficient (Wildman–Crippen LogP) is 9.22. The Morgan fingerprint density at radius 2 is 1.08 bits per heavy atom. The van der Waals surface area contributed by atoms with Crippen molar-refractivity contribution in [1.82, 2.24) is 0 Å². The number of fused-ring (bicyclic) bond motifs is 4. The molecule has 1 aliphatic carbocycles. The fraction of sp³-hybridized carbons (Fsp3) is 0.0500. The third-order valence-corrected chi connectivity index (χ3v) is 11.7. The lowest BCUT2D eigenvalue weighted by atomic mass is 10.0. The van der Waals surface area contributed by atoms with E-state index in [4.69, 9.17) is 8.37 Å². The molecule has 250 valence electrons. The standard InChI is InChI=1S/C40H31NO6S3/c1-2-41-38-20-13-14-21-39(38)48-40(41)22-12-4-3-11-19-33-36-27-31(49(42,43)46-29-15-7-5-8-16-29)23-25-34(36)35-26-24-32(28-37(33)35)50(44,45)47-30-17-9-6-10-18-30/h3-28H,2H2,1H3/b11-3+,12-4+,40-22-. The van der Waals surface area contributed by atoms with Crippen molar-refractivity contribution in [2.24, 2.45) is 0 Å². The fourth-order valence-corrected chi connectivity index (χ4v) is 8.87. The number of hydrogen-bond donors (Lipinski definition) is 0. The monoisotopic (exact) mass is 717 g/mol. The first-order chi connectivity index (χ1) is 24.2. The predicted molar refractivity (Wildman–Crippen MR) is 199 cm³/mol. The van der Waals surface area contributed by atoms with E-state index in [0.717, 1.165) is 22.7 Å². The van der Waals surface area contributed by atoms with Gasteiger partial charge in [0, 0.05) is 11.4 Å². The molecule has 0 N–H and O–H groups in total. The maximum absolute atomic E-state index is 13.3. The highest BCUT2D eigenvalue weighted by molar-refractivity contribution is 8.03. The molecule has 0 saturated heterocycles. The van der Waals surface area contributed by atoms with E-state index in [1.165, 1.54) is 22.7 Å². The number of hydrogen-bond acceptors (Lipinski definition) is 8. The largest absolute Gasteiger partial charge is 0.379 e. The van der Waals surface area contributed by atoms with E-state index in [9.17, 15) is 16.8 Å². The molecule has 2 aliphatic rings. The molecule has 5 aromatic rings. The van der Waals surface area contributed by atoms with Gasteiger partial charge >= 0.3 is 20.2 Å². The van der Waals surface area contributed by atoms with Gasteiger partial charge in [0.05, 0.1) is 10.7 Å². The topological polar surface area (TPSA) is 90.0 Å². The number of thioether (sulfide) groups is 1. The number of anilines is 1. The maximum atomic E-state index is 13.3. The van der Waals surface area contributed by atoms with Crippen molar-refractivity contribution < 1.29 is 25.2 Å². The number of nitrogens with zero attached hydrogens (tertiary/aromatic N) is 1. The molecule has 0 amide bonds. The molecule has 0 bridgehead atoms. The molecule has 5 aromatic carbocycles. The van der Waals surface area contributed by atoms with E-state index in [0.29, 0.717) is 16.7 Å². The molecule has 0 spiro atoms. The molecule has 0 atom stereocenters. The van der Waals surface area contributed by atoms with Crippen molar-refractivity contribution in [2.75, 3.05) is 11.4 Å². The molecule has 0 unspecified atom stereocenters. The molecule has 0 radical (unpaired) electrons. The normalized spacial score (nSPS) is 14.6. The van der Waals surface area contributed by atoms with Gasteiger partial charge in [-0.05, 0) is 101 Å². The SMILES string of the molecule is CCN1/C(=C/C=C/C=C/C=C2c3cc(S(=O)(=O)Oc4ccccc4)ccc3-c3ccc(S(=O)(=O)Oc4ccccc4)cc32)Sc2ccccc21. The molecular formula is C40H31NO6S3.